The van der Waals surface area contributed by atoms with E-state index in [1.807, 2.05) is 19.9 Å². The van der Waals surface area contributed by atoms with Crippen LogP contribution in [0.3, 0.4) is 0 Å². The van der Waals surface area contributed by atoms with Gasteiger partial charge < -0.3 is 14.2 Å². The summed E-state index contributed by atoms with van der Waals surface area (Å²) in [4.78, 5) is 13.8. The second-order valence-electron chi connectivity index (χ2n) is 4.54. The molecule has 1 aliphatic rings. The maximum atomic E-state index is 12.1. The van der Waals surface area contributed by atoms with Crippen LogP contribution in [-0.4, -0.2) is 19.2 Å². The van der Waals surface area contributed by atoms with Crippen molar-refractivity contribution in [1.29, 1.82) is 0 Å². The Balaban J connectivity index is 1.79. The first-order valence-corrected chi connectivity index (χ1v) is 7.14. The van der Waals surface area contributed by atoms with Crippen LogP contribution in [0.25, 0.3) is 0 Å². The molecule has 0 amide bonds. The summed E-state index contributed by atoms with van der Waals surface area (Å²) in [5.74, 6) is 1.41. The lowest BCUT2D eigenvalue weighted by Crippen LogP contribution is -2.15. The van der Waals surface area contributed by atoms with E-state index in [0.717, 1.165) is 10.4 Å². The fraction of sp³-hybridized carbons (Fsp3) is 0.267. The standard InChI is InChI=1S/C15H14O4S/c1-9-7-14(20-10(9)2)15(16)19-11-3-4-12-13(8-11)18-6-5-17-12/h3-4,7-8H,5-6H2,1-2H3. The summed E-state index contributed by atoms with van der Waals surface area (Å²) >= 11 is 1.44. The highest BCUT2D eigenvalue weighted by molar-refractivity contribution is 7.14. The van der Waals surface area contributed by atoms with Crippen LogP contribution in [0.5, 0.6) is 17.2 Å². The number of carbonyl (C=O) groups excluding carboxylic acids is 1. The molecule has 1 aromatic heterocycles. The molecule has 3 rings (SSSR count). The van der Waals surface area contributed by atoms with Gasteiger partial charge in [0.2, 0.25) is 0 Å². The number of benzene rings is 1. The molecule has 0 saturated heterocycles. The van der Waals surface area contributed by atoms with Gasteiger partial charge in [-0.25, -0.2) is 4.79 Å². The van der Waals surface area contributed by atoms with Crippen LogP contribution in [0.15, 0.2) is 24.3 Å². The molecule has 0 atom stereocenters. The Morgan fingerprint density at radius 1 is 1.15 bits per heavy atom. The van der Waals surface area contributed by atoms with Crippen molar-refractivity contribution in [3.8, 4) is 17.2 Å². The topological polar surface area (TPSA) is 44.8 Å². The van der Waals surface area contributed by atoms with Crippen LogP contribution in [0, 0.1) is 13.8 Å². The molecule has 1 aromatic carbocycles. The predicted molar refractivity (Wildman–Crippen MR) is 76.2 cm³/mol. The van der Waals surface area contributed by atoms with Gasteiger partial charge in [0.15, 0.2) is 11.5 Å². The van der Waals surface area contributed by atoms with Crippen LogP contribution < -0.4 is 14.2 Å². The molecule has 0 bridgehead atoms. The Morgan fingerprint density at radius 3 is 2.60 bits per heavy atom. The molecule has 0 spiro atoms. The van der Waals surface area contributed by atoms with Crippen molar-refractivity contribution < 1.29 is 19.0 Å². The third-order valence-electron chi connectivity index (χ3n) is 3.09. The minimum atomic E-state index is -0.345. The number of fused-ring (bicyclic) bond motifs is 1. The second-order valence-corrected chi connectivity index (χ2v) is 5.80. The number of hydrogen-bond acceptors (Lipinski definition) is 5. The molecule has 0 radical (unpaired) electrons. The van der Waals surface area contributed by atoms with Gasteiger partial charge in [0.05, 0.1) is 0 Å². The van der Waals surface area contributed by atoms with Crippen LogP contribution in [-0.2, 0) is 0 Å². The summed E-state index contributed by atoms with van der Waals surface area (Å²) in [5, 5.41) is 0. The van der Waals surface area contributed by atoms with E-state index in [2.05, 4.69) is 0 Å². The number of aryl methyl sites for hydroxylation is 2. The minimum Gasteiger partial charge on any atom is -0.486 e. The zero-order valence-corrected chi connectivity index (χ0v) is 12.1. The van der Waals surface area contributed by atoms with E-state index in [1.165, 1.54) is 11.3 Å². The zero-order valence-electron chi connectivity index (χ0n) is 11.3. The molecule has 4 nitrogen and oxygen atoms in total. The zero-order chi connectivity index (χ0) is 14.1. The Hall–Kier alpha value is -2.01. The highest BCUT2D eigenvalue weighted by atomic mass is 32.1. The van der Waals surface area contributed by atoms with Gasteiger partial charge in [-0.2, -0.15) is 0 Å². The first kappa shape index (κ1) is 13.0. The molecule has 5 heteroatoms. The van der Waals surface area contributed by atoms with Gasteiger partial charge >= 0.3 is 5.97 Å². The van der Waals surface area contributed by atoms with E-state index in [1.54, 1.807) is 18.2 Å². The van der Waals surface area contributed by atoms with Gasteiger partial charge in [-0.05, 0) is 37.6 Å². The van der Waals surface area contributed by atoms with Crippen molar-refractivity contribution in [2.75, 3.05) is 13.2 Å². The maximum Gasteiger partial charge on any atom is 0.353 e. The lowest BCUT2D eigenvalue weighted by Gasteiger charge is -2.18. The van der Waals surface area contributed by atoms with Crippen molar-refractivity contribution in [3.63, 3.8) is 0 Å². The van der Waals surface area contributed by atoms with Gasteiger partial charge in [0.25, 0.3) is 0 Å². The highest BCUT2D eigenvalue weighted by Crippen LogP contribution is 2.34. The number of rotatable bonds is 2. The Labute approximate surface area is 120 Å². The third kappa shape index (κ3) is 2.49. The summed E-state index contributed by atoms with van der Waals surface area (Å²) in [6.07, 6.45) is 0. The third-order valence-corrected chi connectivity index (χ3v) is 4.22. The predicted octanol–water partition coefficient (Wildman–Crippen LogP) is 3.36. The smallest absolute Gasteiger partial charge is 0.353 e. The van der Waals surface area contributed by atoms with Crippen LogP contribution >= 0.6 is 11.3 Å². The first-order valence-electron chi connectivity index (χ1n) is 6.32. The normalized spacial score (nSPS) is 13.1. The van der Waals surface area contributed by atoms with Crippen LogP contribution in [0.2, 0.25) is 0 Å². The van der Waals surface area contributed by atoms with Gasteiger partial charge in [-0.3, -0.25) is 0 Å². The number of carbonyl (C=O) groups is 1. The number of esters is 1. The molecule has 0 aliphatic carbocycles. The van der Waals surface area contributed by atoms with Crippen molar-refractivity contribution >= 4 is 17.3 Å². The summed E-state index contributed by atoms with van der Waals surface area (Å²) in [5.41, 5.74) is 1.10. The van der Waals surface area contributed by atoms with Crippen molar-refractivity contribution in [2.45, 2.75) is 13.8 Å². The number of thiophene rings is 1. The molecular formula is C15H14O4S. The van der Waals surface area contributed by atoms with E-state index >= 15 is 0 Å². The first-order chi connectivity index (χ1) is 9.63. The Kier molecular flexibility index (Phi) is 3.36. The number of hydrogen-bond donors (Lipinski definition) is 0. The molecule has 0 fully saturated rings. The van der Waals surface area contributed by atoms with Gasteiger partial charge in [0, 0.05) is 10.9 Å². The lowest BCUT2D eigenvalue weighted by molar-refractivity contribution is 0.0738. The van der Waals surface area contributed by atoms with Gasteiger partial charge in [-0.1, -0.05) is 0 Å². The molecule has 20 heavy (non-hydrogen) atoms. The molecule has 2 aromatic rings. The fourth-order valence-electron chi connectivity index (χ4n) is 1.92. The summed E-state index contributed by atoms with van der Waals surface area (Å²) < 4.78 is 16.3. The molecule has 0 N–H and O–H groups in total. The van der Waals surface area contributed by atoms with Gasteiger partial charge in [-0.15, -0.1) is 11.3 Å². The van der Waals surface area contributed by atoms with Crippen molar-refractivity contribution in [2.24, 2.45) is 0 Å². The monoisotopic (exact) mass is 290 g/mol. The second kappa shape index (κ2) is 5.17. The summed E-state index contributed by atoms with van der Waals surface area (Å²) in [6, 6.07) is 6.99. The largest absolute Gasteiger partial charge is 0.486 e. The Bertz CT molecular complexity index is 640. The van der Waals surface area contributed by atoms with Crippen LogP contribution in [0.1, 0.15) is 20.1 Å². The quantitative estimate of drug-likeness (QED) is 0.628. The van der Waals surface area contributed by atoms with E-state index in [-0.39, 0.29) is 5.97 Å². The molecule has 104 valence electrons. The maximum absolute atomic E-state index is 12.1. The van der Waals surface area contributed by atoms with E-state index in [0.29, 0.717) is 35.3 Å². The summed E-state index contributed by atoms with van der Waals surface area (Å²) in [7, 11) is 0. The van der Waals surface area contributed by atoms with Crippen LogP contribution in [0.4, 0.5) is 0 Å². The molecule has 0 unspecified atom stereocenters. The fourth-order valence-corrected chi connectivity index (χ4v) is 2.83. The SMILES string of the molecule is Cc1cc(C(=O)Oc2ccc3c(c2)OCCO3)sc1C. The van der Waals surface area contributed by atoms with E-state index in [4.69, 9.17) is 14.2 Å². The minimum absolute atomic E-state index is 0.345. The average Bonchev–Trinajstić information content (AvgIpc) is 2.79. The molecule has 1 aliphatic heterocycles. The molecule has 2 heterocycles. The molecular weight excluding hydrogens is 276 g/mol. The van der Waals surface area contributed by atoms with Crippen molar-refractivity contribution in [1.82, 2.24) is 0 Å². The Morgan fingerprint density at radius 2 is 1.90 bits per heavy atom. The summed E-state index contributed by atoms with van der Waals surface area (Å²) in [6.45, 7) is 5.02. The average molecular weight is 290 g/mol. The van der Waals surface area contributed by atoms with E-state index < -0.39 is 0 Å². The lowest BCUT2D eigenvalue weighted by atomic mass is 10.3. The van der Waals surface area contributed by atoms with Crippen molar-refractivity contribution in [3.05, 3.63) is 39.6 Å². The van der Waals surface area contributed by atoms with E-state index in [9.17, 15) is 4.79 Å². The highest BCUT2D eigenvalue weighted by Gasteiger charge is 2.16. The molecule has 0 saturated carbocycles. The number of ether oxygens (including phenoxy) is 3. The van der Waals surface area contributed by atoms with Gasteiger partial charge in [0.1, 0.15) is 23.8 Å².